The van der Waals surface area contributed by atoms with Crippen LogP contribution >= 0.6 is 11.6 Å². The largest absolute Gasteiger partial charge is 0.342 e. The molecule has 1 N–H and O–H groups in total. The Hall–Kier alpha value is -2.22. The van der Waals surface area contributed by atoms with Crippen LogP contribution in [0.15, 0.2) is 16.9 Å². The number of nitrogens with one attached hydrogen (secondary N) is 1. The van der Waals surface area contributed by atoms with E-state index in [1.54, 1.807) is 11.8 Å². The van der Waals surface area contributed by atoms with Gasteiger partial charge in [-0.1, -0.05) is 16.8 Å². The lowest BCUT2D eigenvalue weighted by atomic mass is 10.1. The van der Waals surface area contributed by atoms with Gasteiger partial charge in [-0.25, -0.2) is 9.97 Å². The summed E-state index contributed by atoms with van der Waals surface area (Å²) in [5, 5.41) is 7.29. The quantitative estimate of drug-likeness (QED) is 0.909. The van der Waals surface area contributed by atoms with Crippen molar-refractivity contribution in [3.8, 4) is 0 Å². The highest BCUT2D eigenvalue weighted by molar-refractivity contribution is 6.30. The summed E-state index contributed by atoms with van der Waals surface area (Å²) in [6.45, 7) is 2.73. The third-order valence-electron chi connectivity index (χ3n) is 3.60. The predicted molar refractivity (Wildman–Crippen MR) is 82.8 cm³/mol. The molecule has 0 bridgehead atoms. The van der Waals surface area contributed by atoms with Crippen molar-refractivity contribution >= 4 is 23.5 Å². The molecule has 1 aliphatic heterocycles. The molecule has 1 fully saturated rings. The first kappa shape index (κ1) is 15.7. The SMILES string of the molecule is Cc1noc(CN2CCCCC(Nc3ncc(Cl)cn3)C2=O)n1. The van der Waals surface area contributed by atoms with E-state index in [9.17, 15) is 4.79 Å². The van der Waals surface area contributed by atoms with Gasteiger partial charge < -0.3 is 14.7 Å². The molecule has 0 saturated carbocycles. The van der Waals surface area contributed by atoms with E-state index in [1.807, 2.05) is 0 Å². The summed E-state index contributed by atoms with van der Waals surface area (Å²) < 4.78 is 5.11. The lowest BCUT2D eigenvalue weighted by Crippen LogP contribution is -2.41. The van der Waals surface area contributed by atoms with Crippen LogP contribution < -0.4 is 5.32 Å². The number of carbonyl (C=O) groups is 1. The van der Waals surface area contributed by atoms with Gasteiger partial charge in [0.05, 0.1) is 17.4 Å². The Morgan fingerprint density at radius 1 is 1.39 bits per heavy atom. The highest BCUT2D eigenvalue weighted by atomic mass is 35.5. The molecule has 1 aliphatic rings. The maximum atomic E-state index is 12.7. The smallest absolute Gasteiger partial charge is 0.246 e. The zero-order chi connectivity index (χ0) is 16.2. The number of rotatable bonds is 4. The summed E-state index contributed by atoms with van der Waals surface area (Å²) in [5.41, 5.74) is 0. The highest BCUT2D eigenvalue weighted by Gasteiger charge is 2.28. The molecule has 0 aliphatic carbocycles. The molecule has 3 rings (SSSR count). The van der Waals surface area contributed by atoms with E-state index in [1.165, 1.54) is 12.4 Å². The van der Waals surface area contributed by atoms with Gasteiger partial charge in [-0.05, 0) is 26.2 Å². The van der Waals surface area contributed by atoms with E-state index in [2.05, 4.69) is 25.4 Å². The molecule has 9 heteroatoms. The van der Waals surface area contributed by atoms with Crippen LogP contribution in [0, 0.1) is 6.92 Å². The fraction of sp³-hybridized carbons (Fsp3) is 0.500. The van der Waals surface area contributed by atoms with E-state index in [0.717, 1.165) is 19.3 Å². The Bertz CT molecular complexity index is 674. The number of halogens is 1. The molecule has 1 amide bonds. The van der Waals surface area contributed by atoms with Gasteiger partial charge in [0.2, 0.25) is 17.7 Å². The van der Waals surface area contributed by atoms with Crippen LogP contribution in [0.2, 0.25) is 5.02 Å². The second kappa shape index (κ2) is 6.91. The second-order valence-corrected chi connectivity index (χ2v) is 5.85. The van der Waals surface area contributed by atoms with Crippen LogP contribution in [0.25, 0.3) is 0 Å². The van der Waals surface area contributed by atoms with Gasteiger partial charge in [0.15, 0.2) is 5.82 Å². The molecule has 0 spiro atoms. The summed E-state index contributed by atoms with van der Waals surface area (Å²) >= 11 is 5.77. The van der Waals surface area contributed by atoms with Crippen LogP contribution in [0.1, 0.15) is 31.0 Å². The van der Waals surface area contributed by atoms with Crippen LogP contribution in [0.5, 0.6) is 0 Å². The maximum Gasteiger partial charge on any atom is 0.246 e. The molecule has 1 saturated heterocycles. The first-order chi connectivity index (χ1) is 11.1. The molecule has 1 unspecified atom stereocenters. The predicted octanol–water partition coefficient (Wildman–Crippen LogP) is 1.81. The van der Waals surface area contributed by atoms with Gasteiger partial charge in [-0.15, -0.1) is 0 Å². The van der Waals surface area contributed by atoms with Crippen molar-refractivity contribution in [2.45, 2.75) is 38.8 Å². The standard InChI is InChI=1S/C14H17ClN6O2/c1-9-18-12(23-20-9)8-21-5-3-2-4-11(13(21)22)19-14-16-6-10(15)7-17-14/h6-7,11H,2-5,8H2,1H3,(H,16,17,19). The van der Waals surface area contributed by atoms with E-state index in [-0.39, 0.29) is 11.9 Å². The fourth-order valence-corrected chi connectivity index (χ4v) is 2.60. The normalized spacial score (nSPS) is 18.8. The van der Waals surface area contributed by atoms with Crippen molar-refractivity contribution in [2.24, 2.45) is 0 Å². The first-order valence-electron chi connectivity index (χ1n) is 7.44. The molecular weight excluding hydrogens is 320 g/mol. The Kier molecular flexibility index (Phi) is 4.71. The third-order valence-corrected chi connectivity index (χ3v) is 3.80. The average molecular weight is 337 g/mol. The van der Waals surface area contributed by atoms with Gasteiger partial charge in [-0.2, -0.15) is 4.98 Å². The Morgan fingerprint density at radius 3 is 2.87 bits per heavy atom. The number of aryl methyl sites for hydroxylation is 1. The van der Waals surface area contributed by atoms with Gasteiger partial charge in [0, 0.05) is 6.54 Å². The fourth-order valence-electron chi connectivity index (χ4n) is 2.51. The van der Waals surface area contributed by atoms with Crippen molar-refractivity contribution in [3.63, 3.8) is 0 Å². The van der Waals surface area contributed by atoms with Gasteiger partial charge in [0.25, 0.3) is 0 Å². The Morgan fingerprint density at radius 2 is 2.17 bits per heavy atom. The van der Waals surface area contributed by atoms with E-state index >= 15 is 0 Å². The molecule has 0 aromatic carbocycles. The molecule has 2 aromatic heterocycles. The minimum atomic E-state index is -0.373. The van der Waals surface area contributed by atoms with Crippen LogP contribution in [0.4, 0.5) is 5.95 Å². The minimum Gasteiger partial charge on any atom is -0.342 e. The lowest BCUT2D eigenvalue weighted by molar-refractivity contribution is -0.132. The number of amides is 1. The Balaban J connectivity index is 1.70. The van der Waals surface area contributed by atoms with Crippen molar-refractivity contribution < 1.29 is 9.32 Å². The third kappa shape index (κ3) is 3.95. The number of anilines is 1. The second-order valence-electron chi connectivity index (χ2n) is 5.41. The Labute approximate surface area is 138 Å². The maximum absolute atomic E-state index is 12.7. The van der Waals surface area contributed by atoms with Crippen molar-refractivity contribution in [1.82, 2.24) is 25.0 Å². The molecule has 1 atom stereocenters. The van der Waals surface area contributed by atoms with Crippen molar-refractivity contribution in [1.29, 1.82) is 0 Å². The molecule has 2 aromatic rings. The summed E-state index contributed by atoms with van der Waals surface area (Å²) in [6.07, 6.45) is 5.59. The lowest BCUT2D eigenvalue weighted by Gasteiger charge is -2.23. The number of aromatic nitrogens is 4. The van der Waals surface area contributed by atoms with E-state index in [4.69, 9.17) is 16.1 Å². The monoisotopic (exact) mass is 336 g/mol. The van der Waals surface area contributed by atoms with Gasteiger partial charge in [0.1, 0.15) is 12.6 Å². The molecule has 23 heavy (non-hydrogen) atoms. The van der Waals surface area contributed by atoms with E-state index in [0.29, 0.717) is 35.8 Å². The molecule has 3 heterocycles. The first-order valence-corrected chi connectivity index (χ1v) is 7.81. The number of nitrogens with zero attached hydrogens (tertiary/aromatic N) is 5. The summed E-state index contributed by atoms with van der Waals surface area (Å²) in [4.78, 5) is 26.8. The molecule has 122 valence electrons. The van der Waals surface area contributed by atoms with Gasteiger partial charge in [-0.3, -0.25) is 4.79 Å². The number of carbonyl (C=O) groups excluding carboxylic acids is 1. The molecule has 0 radical (unpaired) electrons. The zero-order valence-corrected chi connectivity index (χ0v) is 13.5. The zero-order valence-electron chi connectivity index (χ0n) is 12.7. The van der Waals surface area contributed by atoms with Crippen molar-refractivity contribution in [2.75, 3.05) is 11.9 Å². The van der Waals surface area contributed by atoms with Crippen molar-refractivity contribution in [3.05, 3.63) is 29.1 Å². The summed E-state index contributed by atoms with van der Waals surface area (Å²) in [5.74, 6) is 1.38. The minimum absolute atomic E-state index is 0.0168. The van der Waals surface area contributed by atoms with E-state index < -0.39 is 0 Å². The number of hydrogen-bond acceptors (Lipinski definition) is 7. The number of likely N-dealkylation sites (tertiary alicyclic amines) is 1. The average Bonchev–Trinajstić information content (AvgIpc) is 2.87. The highest BCUT2D eigenvalue weighted by Crippen LogP contribution is 2.17. The summed E-state index contributed by atoms with van der Waals surface area (Å²) in [7, 11) is 0. The molecule has 8 nitrogen and oxygen atoms in total. The van der Waals surface area contributed by atoms with Crippen LogP contribution in [-0.4, -0.2) is 43.5 Å². The number of hydrogen-bond donors (Lipinski definition) is 1. The molecular formula is C14H17ClN6O2. The summed E-state index contributed by atoms with van der Waals surface area (Å²) in [6, 6.07) is -0.373. The van der Waals surface area contributed by atoms with Gasteiger partial charge >= 0.3 is 0 Å². The topological polar surface area (TPSA) is 97.0 Å². The van der Waals surface area contributed by atoms with Crippen LogP contribution in [-0.2, 0) is 11.3 Å². The van der Waals surface area contributed by atoms with Crippen LogP contribution in [0.3, 0.4) is 0 Å².